The third kappa shape index (κ3) is 3.37. The summed E-state index contributed by atoms with van der Waals surface area (Å²) in [5.41, 5.74) is 5.56. The van der Waals surface area contributed by atoms with Crippen LogP contribution in [0.3, 0.4) is 0 Å². The molecular formula is C23H26ClN7O. The molecule has 3 aromatic heterocycles. The van der Waals surface area contributed by atoms with Gasteiger partial charge in [-0.1, -0.05) is 6.07 Å². The second-order valence-electron chi connectivity index (χ2n) is 9.38. The van der Waals surface area contributed by atoms with E-state index in [4.69, 9.17) is 16.6 Å². The van der Waals surface area contributed by atoms with Crippen LogP contribution in [0.4, 0.5) is 5.82 Å². The predicted octanol–water partition coefficient (Wildman–Crippen LogP) is 3.19. The first-order chi connectivity index (χ1) is 15.5. The standard InChI is InChI=1S/C23H26ClN7O/c1-12-14(3-6-20(25-12)30-9-15-7-16(15)10-30)8-31-11-19(27-23(31)24)22(32)26-18-5-4-17-13(2)28-29-21(17)18/h3,6,11,15-16,18H,4-5,7-10H2,1-2H3,(H,26,32)(H,28,29)/t15?,16?,18-/m1/s1. The monoisotopic (exact) mass is 451 g/mol. The second-order valence-corrected chi connectivity index (χ2v) is 9.71. The van der Waals surface area contributed by atoms with E-state index in [1.165, 1.54) is 12.0 Å². The lowest BCUT2D eigenvalue weighted by Crippen LogP contribution is -2.27. The van der Waals surface area contributed by atoms with Crippen LogP contribution in [0.15, 0.2) is 18.3 Å². The highest BCUT2D eigenvalue weighted by Crippen LogP contribution is 2.46. The third-order valence-electron chi connectivity index (χ3n) is 7.21. The van der Waals surface area contributed by atoms with Crippen molar-refractivity contribution < 1.29 is 4.79 Å². The summed E-state index contributed by atoms with van der Waals surface area (Å²) >= 11 is 6.37. The normalized spacial score (nSPS) is 23.3. The quantitative estimate of drug-likeness (QED) is 0.621. The summed E-state index contributed by atoms with van der Waals surface area (Å²) < 4.78 is 1.80. The first-order valence-electron chi connectivity index (χ1n) is 11.2. The van der Waals surface area contributed by atoms with Gasteiger partial charge in [0.15, 0.2) is 0 Å². The molecular weight excluding hydrogens is 426 g/mol. The molecule has 0 spiro atoms. The lowest BCUT2D eigenvalue weighted by Gasteiger charge is -2.20. The number of carbonyl (C=O) groups is 1. The highest BCUT2D eigenvalue weighted by atomic mass is 35.5. The number of hydrogen-bond acceptors (Lipinski definition) is 5. The zero-order valence-corrected chi connectivity index (χ0v) is 19.0. The lowest BCUT2D eigenvalue weighted by molar-refractivity contribution is 0.0931. The first kappa shape index (κ1) is 19.8. The number of aryl methyl sites for hydroxylation is 2. The topological polar surface area (TPSA) is 91.7 Å². The fourth-order valence-corrected chi connectivity index (χ4v) is 5.37. The van der Waals surface area contributed by atoms with Crippen molar-refractivity contribution in [2.75, 3.05) is 18.0 Å². The lowest BCUT2D eigenvalue weighted by atomic mass is 10.2. The molecule has 0 bridgehead atoms. The number of nitrogens with zero attached hydrogens (tertiary/aromatic N) is 5. The number of hydrogen-bond donors (Lipinski definition) is 2. The Morgan fingerprint density at radius 3 is 2.84 bits per heavy atom. The van der Waals surface area contributed by atoms with Gasteiger partial charge in [0, 0.05) is 30.7 Å². The number of halogens is 1. The van der Waals surface area contributed by atoms with Crippen LogP contribution in [0.5, 0.6) is 0 Å². The van der Waals surface area contributed by atoms with Gasteiger partial charge in [-0.15, -0.1) is 0 Å². The van der Waals surface area contributed by atoms with E-state index < -0.39 is 0 Å². The van der Waals surface area contributed by atoms with Gasteiger partial charge in [0.25, 0.3) is 5.91 Å². The Hall–Kier alpha value is -2.87. The van der Waals surface area contributed by atoms with Gasteiger partial charge >= 0.3 is 0 Å². The van der Waals surface area contributed by atoms with Gasteiger partial charge in [-0.25, -0.2) is 9.97 Å². The molecule has 2 aliphatic carbocycles. The summed E-state index contributed by atoms with van der Waals surface area (Å²) in [6.45, 7) is 6.81. The number of anilines is 1. The first-order valence-corrected chi connectivity index (χ1v) is 11.6. The van der Waals surface area contributed by atoms with Gasteiger partial charge < -0.3 is 14.8 Å². The maximum Gasteiger partial charge on any atom is 0.272 e. The van der Waals surface area contributed by atoms with Crippen molar-refractivity contribution in [3.63, 3.8) is 0 Å². The molecule has 3 aliphatic rings. The van der Waals surface area contributed by atoms with E-state index in [1.54, 1.807) is 10.8 Å². The molecule has 1 amide bonds. The molecule has 3 atom stereocenters. The number of aromatic amines is 1. The van der Waals surface area contributed by atoms with Gasteiger partial charge in [0.1, 0.15) is 11.5 Å². The van der Waals surface area contributed by atoms with E-state index in [0.29, 0.717) is 17.5 Å². The Balaban J connectivity index is 1.15. The minimum absolute atomic E-state index is 0.0954. The van der Waals surface area contributed by atoms with Gasteiger partial charge in [-0.3, -0.25) is 9.89 Å². The average molecular weight is 452 g/mol. The number of H-pyrrole nitrogens is 1. The third-order valence-corrected chi connectivity index (χ3v) is 7.51. The summed E-state index contributed by atoms with van der Waals surface area (Å²) in [5.74, 6) is 2.57. The molecule has 2 fully saturated rings. The van der Waals surface area contributed by atoms with Crippen molar-refractivity contribution in [2.24, 2.45) is 11.8 Å². The minimum atomic E-state index is -0.234. The smallest absolute Gasteiger partial charge is 0.272 e. The number of amides is 1. The summed E-state index contributed by atoms with van der Waals surface area (Å²) in [6, 6.07) is 4.11. The predicted molar refractivity (Wildman–Crippen MR) is 121 cm³/mol. The highest BCUT2D eigenvalue weighted by molar-refractivity contribution is 6.28. The van der Waals surface area contributed by atoms with E-state index in [9.17, 15) is 4.79 Å². The van der Waals surface area contributed by atoms with Gasteiger partial charge in [-0.2, -0.15) is 5.10 Å². The molecule has 2 N–H and O–H groups in total. The van der Waals surface area contributed by atoms with Gasteiger partial charge in [-0.05, 0) is 73.7 Å². The minimum Gasteiger partial charge on any atom is -0.356 e. The van der Waals surface area contributed by atoms with Crippen molar-refractivity contribution in [3.05, 3.63) is 57.5 Å². The number of carbonyl (C=O) groups excluding carboxylic acids is 1. The van der Waals surface area contributed by atoms with Gasteiger partial charge in [0.05, 0.1) is 18.3 Å². The Morgan fingerprint density at radius 2 is 2.06 bits per heavy atom. The molecule has 0 aromatic carbocycles. The molecule has 0 radical (unpaired) electrons. The molecule has 2 unspecified atom stereocenters. The zero-order chi connectivity index (χ0) is 22.0. The van der Waals surface area contributed by atoms with E-state index >= 15 is 0 Å². The molecule has 1 aliphatic heterocycles. The number of rotatable bonds is 5. The summed E-state index contributed by atoms with van der Waals surface area (Å²) in [7, 11) is 0. The molecule has 9 heteroatoms. The molecule has 1 saturated carbocycles. The average Bonchev–Trinajstić information content (AvgIpc) is 3.17. The van der Waals surface area contributed by atoms with Gasteiger partial charge in [0.2, 0.25) is 5.28 Å². The highest BCUT2D eigenvalue weighted by Gasteiger charge is 2.45. The van der Waals surface area contributed by atoms with Crippen LogP contribution in [0.1, 0.15) is 57.6 Å². The fourth-order valence-electron chi connectivity index (χ4n) is 5.18. The SMILES string of the molecule is Cc1nc(N2CC3CC3C2)ccc1Cn1cc(C(=O)N[C@@H]2CCc3c2n[nH]c3C)nc1Cl. The number of nitrogens with one attached hydrogen (secondary N) is 2. The largest absolute Gasteiger partial charge is 0.356 e. The summed E-state index contributed by atoms with van der Waals surface area (Å²) in [5, 5.41) is 10.7. The van der Waals surface area contributed by atoms with Crippen molar-refractivity contribution in [1.29, 1.82) is 0 Å². The number of fused-ring (bicyclic) bond motifs is 2. The van der Waals surface area contributed by atoms with Crippen LogP contribution in [0.2, 0.25) is 5.28 Å². The maximum absolute atomic E-state index is 12.8. The molecule has 4 heterocycles. The Kier molecular flexibility index (Phi) is 4.54. The summed E-state index contributed by atoms with van der Waals surface area (Å²) in [4.78, 5) is 24.3. The fraction of sp³-hybridized carbons (Fsp3) is 0.478. The van der Waals surface area contributed by atoms with Crippen LogP contribution >= 0.6 is 11.6 Å². The van der Waals surface area contributed by atoms with Crippen LogP contribution in [0, 0.1) is 25.7 Å². The number of aromatic nitrogens is 5. The molecule has 1 saturated heterocycles. The Bertz CT molecular complexity index is 1210. The number of pyridine rings is 1. The van der Waals surface area contributed by atoms with Crippen molar-refractivity contribution in [2.45, 2.75) is 45.7 Å². The summed E-state index contributed by atoms with van der Waals surface area (Å²) in [6.07, 6.45) is 4.86. The van der Waals surface area contributed by atoms with Crippen LogP contribution < -0.4 is 10.2 Å². The second kappa shape index (κ2) is 7.33. The van der Waals surface area contributed by atoms with E-state index in [0.717, 1.165) is 66.2 Å². The maximum atomic E-state index is 12.8. The van der Waals surface area contributed by atoms with Crippen LogP contribution in [-0.2, 0) is 13.0 Å². The molecule has 166 valence electrons. The van der Waals surface area contributed by atoms with Crippen LogP contribution in [-0.4, -0.2) is 43.7 Å². The molecule has 32 heavy (non-hydrogen) atoms. The molecule has 3 aromatic rings. The van der Waals surface area contributed by atoms with Crippen LogP contribution in [0.25, 0.3) is 0 Å². The van der Waals surface area contributed by atoms with Crippen molar-refractivity contribution in [3.8, 4) is 0 Å². The van der Waals surface area contributed by atoms with Crippen molar-refractivity contribution in [1.82, 2.24) is 30.0 Å². The molecule has 6 rings (SSSR count). The Labute approximate surface area is 191 Å². The van der Waals surface area contributed by atoms with E-state index in [-0.39, 0.29) is 11.9 Å². The van der Waals surface area contributed by atoms with E-state index in [1.807, 2.05) is 13.8 Å². The number of imidazole rings is 1. The number of piperidine rings is 1. The Morgan fingerprint density at radius 1 is 1.25 bits per heavy atom. The molecule has 8 nitrogen and oxygen atoms in total. The van der Waals surface area contributed by atoms with E-state index in [2.05, 4.69) is 37.5 Å². The zero-order valence-electron chi connectivity index (χ0n) is 18.2. The van der Waals surface area contributed by atoms with Crippen molar-refractivity contribution >= 4 is 23.3 Å².